The van der Waals surface area contributed by atoms with Crippen molar-refractivity contribution in [3.05, 3.63) is 29.8 Å². The summed E-state index contributed by atoms with van der Waals surface area (Å²) in [5.74, 6) is 0.687. The molecular weight excluding hydrogens is 182 g/mol. The molecule has 0 saturated heterocycles. The van der Waals surface area contributed by atoms with E-state index in [1.807, 2.05) is 0 Å². The van der Waals surface area contributed by atoms with E-state index < -0.39 is 0 Å². The quantitative estimate of drug-likeness (QED) is 0.785. The fraction of sp³-hybridized carbons (Fsp3) is 0.571. The third-order valence-corrected chi connectivity index (χ3v) is 2.47. The first-order valence-electron chi connectivity index (χ1n) is 5.74. The first kappa shape index (κ1) is 12.1. The molecule has 1 aromatic carbocycles. The van der Waals surface area contributed by atoms with E-state index in [0.717, 1.165) is 6.54 Å². The van der Waals surface area contributed by atoms with Crippen molar-refractivity contribution in [1.29, 1.82) is 0 Å². The second-order valence-corrected chi connectivity index (χ2v) is 5.60. The second-order valence-electron chi connectivity index (χ2n) is 5.60. The Morgan fingerprint density at radius 1 is 1.07 bits per heavy atom. The van der Waals surface area contributed by atoms with Gasteiger partial charge in [-0.3, -0.25) is 0 Å². The first-order chi connectivity index (χ1) is 6.89. The van der Waals surface area contributed by atoms with Gasteiger partial charge in [0.2, 0.25) is 0 Å². The van der Waals surface area contributed by atoms with Crippen LogP contribution in [0.5, 0.6) is 0 Å². The van der Waals surface area contributed by atoms with E-state index in [-0.39, 0.29) is 5.41 Å². The maximum Gasteiger partial charge on any atom is 0.0340 e. The highest BCUT2D eigenvalue weighted by atomic mass is 14.9. The highest BCUT2D eigenvalue weighted by molar-refractivity contribution is 5.45. The van der Waals surface area contributed by atoms with Gasteiger partial charge >= 0.3 is 0 Å². The third kappa shape index (κ3) is 3.94. The summed E-state index contributed by atoms with van der Waals surface area (Å²) in [5, 5.41) is 3.42. The summed E-state index contributed by atoms with van der Waals surface area (Å²) in [7, 11) is 0. The fourth-order valence-corrected chi connectivity index (χ4v) is 1.41. The van der Waals surface area contributed by atoms with E-state index >= 15 is 0 Å². The molecule has 1 N–H and O–H groups in total. The molecule has 1 nitrogen and oxygen atoms in total. The van der Waals surface area contributed by atoms with Crippen LogP contribution in [0.2, 0.25) is 0 Å². The van der Waals surface area contributed by atoms with Gasteiger partial charge in [0.25, 0.3) is 0 Å². The molecule has 1 aromatic rings. The second kappa shape index (κ2) is 4.69. The van der Waals surface area contributed by atoms with Crippen LogP contribution in [-0.2, 0) is 5.41 Å². The molecule has 0 spiro atoms. The van der Waals surface area contributed by atoms with Gasteiger partial charge in [-0.05, 0) is 29.0 Å². The van der Waals surface area contributed by atoms with Gasteiger partial charge in [-0.25, -0.2) is 0 Å². The Morgan fingerprint density at radius 3 is 2.00 bits per heavy atom. The zero-order chi connectivity index (χ0) is 11.5. The molecule has 0 atom stereocenters. The number of rotatable bonds is 3. The Hall–Kier alpha value is -0.980. The summed E-state index contributed by atoms with van der Waals surface area (Å²) >= 11 is 0. The lowest BCUT2D eigenvalue weighted by Gasteiger charge is -2.19. The summed E-state index contributed by atoms with van der Waals surface area (Å²) in [6.45, 7) is 12.2. The van der Waals surface area contributed by atoms with E-state index in [1.165, 1.54) is 11.3 Å². The summed E-state index contributed by atoms with van der Waals surface area (Å²) in [6.07, 6.45) is 0. The molecule has 0 aliphatic carbocycles. The van der Waals surface area contributed by atoms with Crippen LogP contribution in [0.3, 0.4) is 0 Å². The molecular formula is C14H23N. The van der Waals surface area contributed by atoms with Crippen LogP contribution in [0.1, 0.15) is 40.2 Å². The van der Waals surface area contributed by atoms with E-state index in [4.69, 9.17) is 0 Å². The lowest BCUT2D eigenvalue weighted by molar-refractivity contribution is 0.590. The van der Waals surface area contributed by atoms with E-state index in [0.29, 0.717) is 5.92 Å². The Morgan fingerprint density at radius 2 is 1.60 bits per heavy atom. The smallest absolute Gasteiger partial charge is 0.0340 e. The fourth-order valence-electron chi connectivity index (χ4n) is 1.41. The SMILES string of the molecule is CC(C)CNc1ccc(C(C)(C)C)cc1. The van der Waals surface area contributed by atoms with Gasteiger partial charge in [-0.15, -0.1) is 0 Å². The normalized spacial score (nSPS) is 11.9. The molecule has 0 bridgehead atoms. The lowest BCUT2D eigenvalue weighted by Crippen LogP contribution is -2.11. The Kier molecular flexibility index (Phi) is 3.78. The molecule has 1 heteroatoms. The molecule has 0 amide bonds. The summed E-state index contributed by atoms with van der Waals surface area (Å²) in [5.41, 5.74) is 2.85. The zero-order valence-electron chi connectivity index (χ0n) is 10.6. The maximum absolute atomic E-state index is 3.42. The highest BCUT2D eigenvalue weighted by Crippen LogP contribution is 2.23. The van der Waals surface area contributed by atoms with Crippen LogP contribution in [0.15, 0.2) is 24.3 Å². The number of benzene rings is 1. The van der Waals surface area contributed by atoms with Gasteiger partial charge in [0.05, 0.1) is 0 Å². The van der Waals surface area contributed by atoms with Gasteiger partial charge < -0.3 is 5.32 Å². The van der Waals surface area contributed by atoms with Gasteiger partial charge in [0.15, 0.2) is 0 Å². The Balaban J connectivity index is 2.65. The predicted molar refractivity (Wildman–Crippen MR) is 68.5 cm³/mol. The molecule has 0 aromatic heterocycles. The van der Waals surface area contributed by atoms with Crippen molar-refractivity contribution in [2.75, 3.05) is 11.9 Å². The number of nitrogens with one attached hydrogen (secondary N) is 1. The summed E-state index contributed by atoms with van der Waals surface area (Å²) in [4.78, 5) is 0. The largest absolute Gasteiger partial charge is 0.385 e. The third-order valence-electron chi connectivity index (χ3n) is 2.47. The van der Waals surface area contributed by atoms with Crippen molar-refractivity contribution in [2.45, 2.75) is 40.0 Å². The topological polar surface area (TPSA) is 12.0 Å². The molecule has 15 heavy (non-hydrogen) atoms. The minimum atomic E-state index is 0.247. The van der Waals surface area contributed by atoms with Crippen molar-refractivity contribution >= 4 is 5.69 Å². The van der Waals surface area contributed by atoms with Crippen molar-refractivity contribution in [3.63, 3.8) is 0 Å². The van der Waals surface area contributed by atoms with Gasteiger partial charge in [0.1, 0.15) is 0 Å². The summed E-state index contributed by atoms with van der Waals surface area (Å²) < 4.78 is 0. The van der Waals surface area contributed by atoms with Crippen molar-refractivity contribution in [1.82, 2.24) is 0 Å². The van der Waals surface area contributed by atoms with Crippen LogP contribution >= 0.6 is 0 Å². The molecule has 0 fully saturated rings. The van der Waals surface area contributed by atoms with E-state index in [2.05, 4.69) is 64.2 Å². The minimum absolute atomic E-state index is 0.247. The van der Waals surface area contributed by atoms with E-state index in [9.17, 15) is 0 Å². The Bertz CT molecular complexity index is 290. The van der Waals surface area contributed by atoms with Gasteiger partial charge in [0, 0.05) is 12.2 Å². The number of anilines is 1. The zero-order valence-corrected chi connectivity index (χ0v) is 10.6. The molecule has 0 saturated carbocycles. The molecule has 0 heterocycles. The van der Waals surface area contributed by atoms with E-state index in [1.54, 1.807) is 0 Å². The minimum Gasteiger partial charge on any atom is -0.385 e. The van der Waals surface area contributed by atoms with Crippen molar-refractivity contribution in [3.8, 4) is 0 Å². The highest BCUT2D eigenvalue weighted by Gasteiger charge is 2.12. The maximum atomic E-state index is 3.42. The predicted octanol–water partition coefficient (Wildman–Crippen LogP) is 4.05. The first-order valence-corrected chi connectivity index (χ1v) is 5.74. The standard InChI is InChI=1S/C14H23N/c1-11(2)10-15-13-8-6-12(7-9-13)14(3,4)5/h6-9,11,15H,10H2,1-5H3. The van der Waals surface area contributed by atoms with Crippen LogP contribution in [0.4, 0.5) is 5.69 Å². The number of hydrogen-bond acceptors (Lipinski definition) is 1. The average Bonchev–Trinajstić information content (AvgIpc) is 2.14. The van der Waals surface area contributed by atoms with Crippen molar-refractivity contribution in [2.24, 2.45) is 5.92 Å². The van der Waals surface area contributed by atoms with Crippen molar-refractivity contribution < 1.29 is 0 Å². The summed E-state index contributed by atoms with van der Waals surface area (Å²) in [6, 6.07) is 8.76. The van der Waals surface area contributed by atoms with Crippen LogP contribution in [-0.4, -0.2) is 6.54 Å². The van der Waals surface area contributed by atoms with Gasteiger partial charge in [-0.2, -0.15) is 0 Å². The molecule has 84 valence electrons. The number of hydrogen-bond donors (Lipinski definition) is 1. The molecule has 0 aliphatic rings. The molecule has 1 rings (SSSR count). The van der Waals surface area contributed by atoms with Gasteiger partial charge in [-0.1, -0.05) is 46.8 Å². The average molecular weight is 205 g/mol. The molecule has 0 radical (unpaired) electrons. The van der Waals surface area contributed by atoms with Crippen LogP contribution in [0, 0.1) is 5.92 Å². The monoisotopic (exact) mass is 205 g/mol. The van der Waals surface area contributed by atoms with Crippen LogP contribution in [0.25, 0.3) is 0 Å². The lowest BCUT2D eigenvalue weighted by atomic mass is 9.87. The molecule has 0 aliphatic heterocycles. The Labute approximate surface area is 93.9 Å². The molecule has 0 unspecified atom stereocenters. The van der Waals surface area contributed by atoms with Crippen LogP contribution < -0.4 is 5.32 Å².